The number of aromatic nitrogens is 4. The molecule has 6 nitrogen and oxygen atoms in total. The van der Waals surface area contributed by atoms with E-state index in [9.17, 15) is 4.79 Å². The molecule has 0 radical (unpaired) electrons. The molecule has 6 rings (SSSR count). The SMILES string of the molecule is CC(C)C(=O)Nc1cncc(-c2ccc3[nH]nc(-c4cc5c(-c6cccs6)cccc5[nH]4)c3c2)c1. The number of aromatic amines is 2. The van der Waals surface area contributed by atoms with E-state index in [0.29, 0.717) is 5.69 Å². The maximum Gasteiger partial charge on any atom is 0.226 e. The van der Waals surface area contributed by atoms with Gasteiger partial charge < -0.3 is 10.3 Å². The second-order valence-corrected chi connectivity index (χ2v) is 9.81. The van der Waals surface area contributed by atoms with Crippen LogP contribution in [0, 0.1) is 5.92 Å². The number of hydrogen-bond acceptors (Lipinski definition) is 4. The molecular formula is C28H23N5OS. The number of hydrogen-bond donors (Lipinski definition) is 3. The van der Waals surface area contributed by atoms with E-state index in [0.717, 1.165) is 38.9 Å². The summed E-state index contributed by atoms with van der Waals surface area (Å²) in [6.45, 7) is 3.74. The van der Waals surface area contributed by atoms with Crippen molar-refractivity contribution in [2.45, 2.75) is 13.8 Å². The van der Waals surface area contributed by atoms with Gasteiger partial charge >= 0.3 is 0 Å². The standard InChI is InChI=1S/C28H23N5OS/c1-16(2)28(34)30-19-11-18(14-29-15-19)17-8-9-24-22(12-17)27(33-32-24)25-13-21-20(26-7-4-10-35-26)5-3-6-23(21)31-25/h3-16,31H,1-2H3,(H,30,34)(H,32,33). The summed E-state index contributed by atoms with van der Waals surface area (Å²) in [4.78, 5) is 21.3. The smallest absolute Gasteiger partial charge is 0.226 e. The zero-order chi connectivity index (χ0) is 23.9. The van der Waals surface area contributed by atoms with Crippen molar-refractivity contribution < 1.29 is 4.79 Å². The van der Waals surface area contributed by atoms with E-state index >= 15 is 0 Å². The van der Waals surface area contributed by atoms with Gasteiger partial charge in [-0.3, -0.25) is 14.9 Å². The molecule has 172 valence electrons. The summed E-state index contributed by atoms with van der Waals surface area (Å²) in [6.07, 6.45) is 3.48. The first-order chi connectivity index (χ1) is 17.1. The Hall–Kier alpha value is -4.23. The van der Waals surface area contributed by atoms with E-state index in [1.165, 1.54) is 15.8 Å². The van der Waals surface area contributed by atoms with Gasteiger partial charge in [-0.2, -0.15) is 5.10 Å². The molecule has 7 heteroatoms. The van der Waals surface area contributed by atoms with E-state index in [-0.39, 0.29) is 11.8 Å². The van der Waals surface area contributed by atoms with E-state index in [1.807, 2.05) is 38.2 Å². The largest absolute Gasteiger partial charge is 0.353 e. The predicted octanol–water partition coefficient (Wildman–Crippen LogP) is 7.10. The van der Waals surface area contributed by atoms with Gasteiger partial charge in [-0.1, -0.05) is 38.1 Å². The lowest BCUT2D eigenvalue weighted by Gasteiger charge is -2.09. The number of thiophene rings is 1. The molecule has 1 amide bonds. The second kappa shape index (κ2) is 8.52. The van der Waals surface area contributed by atoms with Crippen LogP contribution in [0.3, 0.4) is 0 Å². The van der Waals surface area contributed by atoms with Crippen molar-refractivity contribution in [1.29, 1.82) is 0 Å². The quantitative estimate of drug-likeness (QED) is 0.248. The Morgan fingerprint density at radius 2 is 1.86 bits per heavy atom. The molecular weight excluding hydrogens is 454 g/mol. The van der Waals surface area contributed by atoms with Crippen molar-refractivity contribution in [3.05, 3.63) is 78.4 Å². The van der Waals surface area contributed by atoms with Crippen LogP contribution < -0.4 is 5.32 Å². The van der Waals surface area contributed by atoms with Crippen LogP contribution in [0.15, 0.2) is 78.4 Å². The Morgan fingerprint density at radius 1 is 0.943 bits per heavy atom. The van der Waals surface area contributed by atoms with Crippen LogP contribution in [-0.4, -0.2) is 26.1 Å². The molecule has 35 heavy (non-hydrogen) atoms. The molecule has 2 aromatic carbocycles. The first kappa shape index (κ1) is 21.3. The molecule has 4 heterocycles. The van der Waals surface area contributed by atoms with Gasteiger partial charge in [0.05, 0.1) is 23.1 Å². The predicted molar refractivity (Wildman–Crippen MR) is 143 cm³/mol. The highest BCUT2D eigenvalue weighted by atomic mass is 32.1. The zero-order valence-electron chi connectivity index (χ0n) is 19.3. The number of fused-ring (bicyclic) bond motifs is 2. The molecule has 0 saturated carbocycles. The number of carbonyl (C=O) groups is 1. The first-order valence-corrected chi connectivity index (χ1v) is 12.4. The number of amides is 1. The number of nitrogens with zero attached hydrogens (tertiary/aromatic N) is 2. The Morgan fingerprint density at radius 3 is 2.69 bits per heavy atom. The number of H-pyrrole nitrogens is 2. The number of nitrogens with one attached hydrogen (secondary N) is 3. The van der Waals surface area contributed by atoms with E-state index < -0.39 is 0 Å². The van der Waals surface area contributed by atoms with Crippen LogP contribution in [0.1, 0.15) is 13.8 Å². The molecule has 3 N–H and O–H groups in total. The van der Waals surface area contributed by atoms with Crippen LogP contribution in [0.4, 0.5) is 5.69 Å². The molecule has 0 bridgehead atoms. The van der Waals surface area contributed by atoms with Crippen LogP contribution in [0.2, 0.25) is 0 Å². The minimum Gasteiger partial charge on any atom is -0.353 e. The molecule has 0 aliphatic heterocycles. The van der Waals surface area contributed by atoms with Crippen LogP contribution in [0.5, 0.6) is 0 Å². The van der Waals surface area contributed by atoms with Crippen molar-refractivity contribution in [2.75, 3.05) is 5.32 Å². The van der Waals surface area contributed by atoms with Gasteiger partial charge in [-0.05, 0) is 47.3 Å². The summed E-state index contributed by atoms with van der Waals surface area (Å²) in [5, 5.41) is 15.0. The highest BCUT2D eigenvalue weighted by Gasteiger charge is 2.15. The monoisotopic (exact) mass is 477 g/mol. The van der Waals surface area contributed by atoms with E-state index in [1.54, 1.807) is 17.5 Å². The number of rotatable bonds is 5. The fourth-order valence-corrected chi connectivity index (χ4v) is 5.05. The third-order valence-electron chi connectivity index (χ3n) is 6.13. The minimum absolute atomic E-state index is 0.0303. The van der Waals surface area contributed by atoms with Gasteiger partial charge in [0.15, 0.2) is 0 Å². The number of pyridine rings is 1. The molecule has 6 aromatic rings. The molecule has 0 aliphatic carbocycles. The fraction of sp³-hybridized carbons (Fsp3) is 0.107. The van der Waals surface area contributed by atoms with Gasteiger partial charge in [0.1, 0.15) is 5.69 Å². The summed E-state index contributed by atoms with van der Waals surface area (Å²) >= 11 is 1.74. The Kier molecular flexibility index (Phi) is 5.19. The first-order valence-electron chi connectivity index (χ1n) is 11.5. The fourth-order valence-electron chi connectivity index (χ4n) is 4.28. The molecule has 4 aromatic heterocycles. The summed E-state index contributed by atoms with van der Waals surface area (Å²) in [6, 6.07) is 20.9. The summed E-state index contributed by atoms with van der Waals surface area (Å²) in [5.41, 5.74) is 7.70. The number of benzene rings is 2. The number of anilines is 1. The second-order valence-electron chi connectivity index (χ2n) is 8.87. The highest BCUT2D eigenvalue weighted by Crippen LogP contribution is 2.36. The van der Waals surface area contributed by atoms with Gasteiger partial charge in [0, 0.05) is 44.4 Å². The van der Waals surface area contributed by atoms with Crippen LogP contribution in [-0.2, 0) is 4.79 Å². The van der Waals surface area contributed by atoms with Gasteiger partial charge in [0.2, 0.25) is 5.91 Å². The third-order valence-corrected chi connectivity index (χ3v) is 7.04. The highest BCUT2D eigenvalue weighted by molar-refractivity contribution is 7.13. The van der Waals surface area contributed by atoms with Crippen molar-refractivity contribution >= 4 is 44.7 Å². The Bertz CT molecular complexity index is 1680. The molecule has 0 fully saturated rings. The maximum absolute atomic E-state index is 12.1. The zero-order valence-corrected chi connectivity index (χ0v) is 20.1. The summed E-state index contributed by atoms with van der Waals surface area (Å²) < 4.78 is 0. The van der Waals surface area contributed by atoms with Crippen molar-refractivity contribution in [3.8, 4) is 33.0 Å². The number of carbonyl (C=O) groups excluding carboxylic acids is 1. The molecule has 0 atom stereocenters. The normalized spacial score (nSPS) is 11.5. The minimum atomic E-state index is -0.0971. The van der Waals surface area contributed by atoms with Crippen molar-refractivity contribution in [1.82, 2.24) is 20.2 Å². The van der Waals surface area contributed by atoms with Gasteiger partial charge in [-0.25, -0.2) is 0 Å². The maximum atomic E-state index is 12.1. The lowest BCUT2D eigenvalue weighted by atomic mass is 10.0. The van der Waals surface area contributed by atoms with E-state index in [2.05, 4.69) is 73.3 Å². The van der Waals surface area contributed by atoms with Gasteiger partial charge in [-0.15, -0.1) is 11.3 Å². The molecule has 0 aliphatic rings. The van der Waals surface area contributed by atoms with Crippen LogP contribution >= 0.6 is 11.3 Å². The summed E-state index contributed by atoms with van der Waals surface area (Å²) in [7, 11) is 0. The van der Waals surface area contributed by atoms with Crippen molar-refractivity contribution in [2.24, 2.45) is 5.92 Å². The van der Waals surface area contributed by atoms with Crippen LogP contribution in [0.25, 0.3) is 54.8 Å². The average Bonchev–Trinajstić information content (AvgIpc) is 3.62. The lowest BCUT2D eigenvalue weighted by molar-refractivity contribution is -0.118. The summed E-state index contributed by atoms with van der Waals surface area (Å²) in [5.74, 6) is -0.127. The third kappa shape index (κ3) is 3.90. The Labute approximate surface area is 206 Å². The van der Waals surface area contributed by atoms with Crippen molar-refractivity contribution in [3.63, 3.8) is 0 Å². The van der Waals surface area contributed by atoms with E-state index in [4.69, 9.17) is 0 Å². The molecule has 0 spiro atoms. The Balaban J connectivity index is 1.41. The lowest BCUT2D eigenvalue weighted by Crippen LogP contribution is -2.17. The van der Waals surface area contributed by atoms with Gasteiger partial charge in [0.25, 0.3) is 0 Å². The topological polar surface area (TPSA) is 86.5 Å². The molecule has 0 saturated heterocycles. The molecule has 0 unspecified atom stereocenters. The average molecular weight is 478 g/mol.